The van der Waals surface area contributed by atoms with Crippen LogP contribution in [0.4, 0.5) is 28.7 Å². The molecule has 2 aliphatic heterocycles. The van der Waals surface area contributed by atoms with Gasteiger partial charge in [-0.2, -0.15) is 0 Å². The van der Waals surface area contributed by atoms with Crippen LogP contribution < -0.4 is 54.2 Å². The number of aromatic amines is 1. The van der Waals surface area contributed by atoms with Crippen LogP contribution in [0, 0.1) is 29.6 Å². The summed E-state index contributed by atoms with van der Waals surface area (Å²) in [7, 11) is 0. The van der Waals surface area contributed by atoms with E-state index in [1.54, 1.807) is 11.8 Å². The van der Waals surface area contributed by atoms with Crippen LogP contribution >= 0.6 is 11.8 Å². The number of nitrogens with zero attached hydrogens (tertiary/aromatic N) is 4. The fourth-order valence-electron chi connectivity index (χ4n) is 8.03. The monoisotopic (exact) mass is 925 g/mol. The van der Waals surface area contributed by atoms with Crippen LogP contribution in [0.5, 0.6) is 0 Å². The lowest BCUT2D eigenvalue weighted by molar-refractivity contribution is -0.126. The van der Waals surface area contributed by atoms with Gasteiger partial charge in [0.15, 0.2) is 16.8 Å². The summed E-state index contributed by atoms with van der Waals surface area (Å²) >= 11 is 1.55. The Hall–Kier alpha value is -6.47. The van der Waals surface area contributed by atoms with Gasteiger partial charge in [0.2, 0.25) is 5.91 Å². The number of rotatable bonds is 19. The zero-order valence-electron chi connectivity index (χ0n) is 38.3. The first-order valence-electron chi connectivity index (χ1n) is 23.3. The Labute approximate surface area is 398 Å². The normalized spacial score (nSPS) is 14.3. The molecule has 352 valence electrons. The molecule has 7 rings (SSSR count). The molecule has 67 heavy (non-hydrogen) atoms. The van der Waals surface area contributed by atoms with Crippen molar-refractivity contribution in [3.05, 3.63) is 95.2 Å². The van der Waals surface area contributed by atoms with Gasteiger partial charge in [-0.05, 0) is 124 Å². The summed E-state index contributed by atoms with van der Waals surface area (Å²) in [5, 5.41) is 22.9. The first-order valence-corrected chi connectivity index (χ1v) is 24.3. The Morgan fingerprint density at radius 3 is 2.45 bits per heavy atom. The summed E-state index contributed by atoms with van der Waals surface area (Å²) in [5.74, 6) is 20.8. The Bertz CT molecular complexity index is 2530. The average molecular weight is 925 g/mol. The van der Waals surface area contributed by atoms with E-state index in [1.807, 2.05) is 48.5 Å². The number of carbonyl (C=O) groups is 2. The Balaban J connectivity index is 0.769. The van der Waals surface area contributed by atoms with Crippen molar-refractivity contribution < 1.29 is 9.59 Å². The number of carbonyl (C=O) groups excluding carboxylic acids is 2. The predicted molar refractivity (Wildman–Crippen MR) is 273 cm³/mol. The van der Waals surface area contributed by atoms with Gasteiger partial charge in [0.1, 0.15) is 5.69 Å². The number of amides is 2. The molecule has 2 amide bonds. The smallest absolute Gasteiger partial charge is 0.251 e. The summed E-state index contributed by atoms with van der Waals surface area (Å²) < 4.78 is 0. The zero-order valence-corrected chi connectivity index (χ0v) is 39.2. The number of aromatic nitrogens is 3. The van der Waals surface area contributed by atoms with Gasteiger partial charge in [-0.1, -0.05) is 54.6 Å². The zero-order chi connectivity index (χ0) is 46.8. The van der Waals surface area contributed by atoms with E-state index in [4.69, 9.17) is 17.3 Å². The minimum absolute atomic E-state index is 0.0240. The van der Waals surface area contributed by atoms with Gasteiger partial charge >= 0.3 is 0 Å². The quantitative estimate of drug-likeness (QED) is 0.0180. The molecule has 13 N–H and O–H groups in total. The maximum absolute atomic E-state index is 12.9. The number of nitrogen functional groups attached to an aromatic ring is 1. The molecule has 17 heteroatoms. The molecule has 3 aromatic carbocycles. The molecule has 0 spiro atoms. The molecular weight excluding hydrogens is 861 g/mol. The van der Waals surface area contributed by atoms with Crippen LogP contribution in [0.15, 0.2) is 78.0 Å². The predicted octanol–water partition coefficient (Wildman–Crippen LogP) is 4.53. The Morgan fingerprint density at radius 1 is 0.910 bits per heavy atom. The van der Waals surface area contributed by atoms with Gasteiger partial charge in [-0.15, -0.1) is 0 Å². The number of hydrazine groups is 1. The van der Waals surface area contributed by atoms with Crippen LogP contribution in [-0.2, 0) is 11.3 Å². The van der Waals surface area contributed by atoms with Gasteiger partial charge in [0.05, 0.1) is 25.3 Å². The van der Waals surface area contributed by atoms with Crippen molar-refractivity contribution >= 4 is 63.2 Å². The molecule has 16 nitrogen and oxygen atoms in total. The van der Waals surface area contributed by atoms with E-state index >= 15 is 0 Å². The molecule has 0 saturated carbocycles. The molecule has 0 radical (unpaired) electrons. The fourth-order valence-corrected chi connectivity index (χ4v) is 8.73. The van der Waals surface area contributed by atoms with Gasteiger partial charge in [0, 0.05) is 77.3 Å². The van der Waals surface area contributed by atoms with Crippen molar-refractivity contribution in [3.63, 3.8) is 0 Å². The molecule has 0 aliphatic carbocycles. The minimum atomic E-state index is -0.113. The highest BCUT2D eigenvalue weighted by atomic mass is 32.2. The van der Waals surface area contributed by atoms with Gasteiger partial charge < -0.3 is 53.3 Å². The number of hydrogen-bond acceptors (Lipinski definition) is 14. The number of likely N-dealkylation sites (tertiary alicyclic amines) is 1. The third-order valence-corrected chi connectivity index (χ3v) is 12.8. The van der Waals surface area contributed by atoms with Crippen molar-refractivity contribution in [2.75, 3.05) is 97.9 Å². The molecule has 4 heterocycles. The summed E-state index contributed by atoms with van der Waals surface area (Å²) in [4.78, 5) is 40.7. The van der Waals surface area contributed by atoms with E-state index in [2.05, 4.69) is 107 Å². The topological polar surface area (TPSA) is 232 Å². The standard InChI is InChI=1S/C50H64N14O2S/c1-2-32-67-50-61-46(56-27-22-51)45(52)47(62-50)64(53)34-36-12-10-35(11-13-36)6-4-24-57-49(66)38-20-29-63(30-21-38)31-28-58-48(65)37-14-16-39(17-15-37)55-23-5-7-41-33-42-43(8-3-9-44(42)60-41)59-40-18-25-54-26-19-40/h3,8-17,33,38,40,54-55,59-60H,2,18-32,34,51-53H2,1H3,(H,57,66)(H,58,65)(H,56,61,62). The van der Waals surface area contributed by atoms with Crippen molar-refractivity contribution in [2.45, 2.75) is 56.8 Å². The largest absolute Gasteiger partial charge is 0.393 e. The van der Waals surface area contributed by atoms with E-state index in [9.17, 15) is 9.59 Å². The van der Waals surface area contributed by atoms with Crippen LogP contribution in [0.3, 0.4) is 0 Å². The molecule has 2 fully saturated rings. The van der Waals surface area contributed by atoms with Crippen LogP contribution in [0.25, 0.3) is 10.9 Å². The highest BCUT2D eigenvalue weighted by molar-refractivity contribution is 7.99. The molecule has 2 aliphatic rings. The lowest BCUT2D eigenvalue weighted by atomic mass is 9.96. The van der Waals surface area contributed by atoms with Crippen LogP contribution in [0.1, 0.15) is 66.2 Å². The molecule has 0 bridgehead atoms. The number of nitrogens with one attached hydrogen (secondary N) is 7. The Morgan fingerprint density at radius 2 is 1.69 bits per heavy atom. The van der Waals surface area contributed by atoms with E-state index < -0.39 is 0 Å². The molecule has 5 aromatic rings. The number of hydrogen-bond donors (Lipinski definition) is 10. The van der Waals surface area contributed by atoms with E-state index in [0.717, 1.165) is 110 Å². The van der Waals surface area contributed by atoms with Crippen molar-refractivity contribution in [1.29, 1.82) is 0 Å². The third kappa shape index (κ3) is 14.3. The second-order valence-electron chi connectivity index (χ2n) is 16.7. The highest BCUT2D eigenvalue weighted by Crippen LogP contribution is 2.30. The number of thioether (sulfide) groups is 1. The van der Waals surface area contributed by atoms with E-state index in [1.165, 1.54) is 5.01 Å². The summed E-state index contributed by atoms with van der Waals surface area (Å²) in [6.07, 6.45) is 4.74. The van der Waals surface area contributed by atoms with Crippen LogP contribution in [0.2, 0.25) is 0 Å². The highest BCUT2D eigenvalue weighted by Gasteiger charge is 2.25. The minimum Gasteiger partial charge on any atom is -0.393 e. The number of fused-ring (bicyclic) bond motifs is 1. The first kappa shape index (κ1) is 48.5. The maximum Gasteiger partial charge on any atom is 0.251 e. The summed E-state index contributed by atoms with van der Waals surface area (Å²) in [6.45, 7) is 9.12. The maximum atomic E-state index is 12.9. The van der Waals surface area contributed by atoms with E-state index in [0.29, 0.717) is 66.8 Å². The molecule has 0 unspecified atom stereocenters. The third-order valence-electron chi connectivity index (χ3n) is 11.7. The average Bonchev–Trinajstić information content (AvgIpc) is 3.78. The number of benzene rings is 3. The number of nitrogens with two attached hydrogens (primary N) is 3. The van der Waals surface area contributed by atoms with Crippen molar-refractivity contribution in [1.82, 2.24) is 35.8 Å². The number of anilines is 5. The van der Waals surface area contributed by atoms with Gasteiger partial charge in [-0.25, -0.2) is 15.8 Å². The van der Waals surface area contributed by atoms with Gasteiger partial charge in [-0.3, -0.25) is 14.6 Å². The van der Waals surface area contributed by atoms with Crippen molar-refractivity contribution in [2.24, 2.45) is 17.5 Å². The fraction of sp³-hybridized carbons (Fsp3) is 0.400. The summed E-state index contributed by atoms with van der Waals surface area (Å²) in [5.41, 5.74) is 18.8. The number of piperidine rings is 2. The lowest BCUT2D eigenvalue weighted by Crippen LogP contribution is -2.43. The van der Waals surface area contributed by atoms with Crippen LogP contribution in [-0.4, -0.2) is 109 Å². The SMILES string of the molecule is CCCSc1nc(NCCN)c(N)c(N(N)Cc2ccc(C#CCNC(=O)C3CCN(CCNC(=O)c4ccc(NCC#Cc5cc6c(NC7CCNCC7)cccc6[nH]5)cc4)CC3)cc2)n1. The molecule has 0 atom stereocenters. The molecule has 2 aromatic heterocycles. The lowest BCUT2D eigenvalue weighted by Gasteiger charge is -2.31. The second kappa shape index (κ2) is 24.9. The molecular formula is C50H64N14O2S. The summed E-state index contributed by atoms with van der Waals surface area (Å²) in [6, 6.07) is 24.1. The Kier molecular flexibility index (Phi) is 18.0. The second-order valence-corrected chi connectivity index (χ2v) is 17.8. The van der Waals surface area contributed by atoms with E-state index in [-0.39, 0.29) is 24.3 Å². The number of H-pyrrole nitrogens is 1. The first-order chi connectivity index (χ1) is 32.8. The van der Waals surface area contributed by atoms with Crippen molar-refractivity contribution in [3.8, 4) is 23.7 Å². The van der Waals surface area contributed by atoms with Gasteiger partial charge in [0.25, 0.3) is 5.91 Å². The molecule has 2 saturated heterocycles.